The van der Waals surface area contributed by atoms with Gasteiger partial charge in [-0.05, 0) is 63.7 Å². The SMILES string of the molecule is CCN(CC)CCCN(CC)c1ccc(C(=O)O)c(C)c1. The van der Waals surface area contributed by atoms with Crippen LogP contribution in [0, 0.1) is 6.92 Å². The molecule has 0 radical (unpaired) electrons. The summed E-state index contributed by atoms with van der Waals surface area (Å²) in [5.41, 5.74) is 2.32. The van der Waals surface area contributed by atoms with Gasteiger partial charge in [0, 0.05) is 18.8 Å². The maximum absolute atomic E-state index is 11.1. The first-order chi connectivity index (χ1) is 10.0. The number of carbonyl (C=O) groups is 1. The van der Waals surface area contributed by atoms with Crippen molar-refractivity contribution in [2.75, 3.05) is 37.6 Å². The Balaban J connectivity index is 2.68. The normalized spacial score (nSPS) is 10.9. The predicted molar refractivity (Wildman–Crippen MR) is 88.4 cm³/mol. The van der Waals surface area contributed by atoms with Crippen LogP contribution in [0.2, 0.25) is 0 Å². The summed E-state index contributed by atoms with van der Waals surface area (Å²) in [5, 5.41) is 9.09. The molecule has 1 rings (SSSR count). The zero-order valence-electron chi connectivity index (χ0n) is 13.7. The lowest BCUT2D eigenvalue weighted by molar-refractivity contribution is 0.0696. The Morgan fingerprint density at radius 1 is 1.10 bits per heavy atom. The van der Waals surface area contributed by atoms with Gasteiger partial charge >= 0.3 is 5.97 Å². The second kappa shape index (κ2) is 8.67. The summed E-state index contributed by atoms with van der Waals surface area (Å²) in [7, 11) is 0. The molecule has 0 fully saturated rings. The summed E-state index contributed by atoms with van der Waals surface area (Å²) in [6, 6.07) is 5.60. The number of nitrogens with zero attached hydrogens (tertiary/aromatic N) is 2. The van der Waals surface area contributed by atoms with Crippen LogP contribution in [-0.4, -0.2) is 48.7 Å². The van der Waals surface area contributed by atoms with Gasteiger partial charge in [0.2, 0.25) is 0 Å². The van der Waals surface area contributed by atoms with Gasteiger partial charge in [0.25, 0.3) is 0 Å². The first-order valence-electron chi connectivity index (χ1n) is 7.84. The molecule has 0 spiro atoms. The van der Waals surface area contributed by atoms with Gasteiger partial charge in [-0.3, -0.25) is 0 Å². The van der Waals surface area contributed by atoms with Crippen molar-refractivity contribution >= 4 is 11.7 Å². The molecule has 0 saturated heterocycles. The number of carboxylic acid groups (broad SMARTS) is 1. The van der Waals surface area contributed by atoms with Gasteiger partial charge in [-0.1, -0.05) is 13.8 Å². The molecule has 4 heteroatoms. The smallest absolute Gasteiger partial charge is 0.335 e. The monoisotopic (exact) mass is 292 g/mol. The van der Waals surface area contributed by atoms with E-state index in [-0.39, 0.29) is 0 Å². The molecule has 0 atom stereocenters. The van der Waals surface area contributed by atoms with E-state index in [1.54, 1.807) is 6.07 Å². The fraction of sp³-hybridized carbons (Fsp3) is 0.588. The average Bonchev–Trinajstić information content (AvgIpc) is 2.47. The van der Waals surface area contributed by atoms with Crippen LogP contribution >= 0.6 is 0 Å². The zero-order valence-corrected chi connectivity index (χ0v) is 13.7. The van der Waals surface area contributed by atoms with Gasteiger partial charge in [-0.2, -0.15) is 0 Å². The lowest BCUT2D eigenvalue weighted by Gasteiger charge is -2.26. The molecule has 0 aromatic heterocycles. The van der Waals surface area contributed by atoms with E-state index in [1.165, 1.54) is 0 Å². The molecule has 0 aliphatic heterocycles. The van der Waals surface area contributed by atoms with Crippen molar-refractivity contribution in [2.24, 2.45) is 0 Å². The molecule has 0 aliphatic carbocycles. The van der Waals surface area contributed by atoms with E-state index in [0.29, 0.717) is 5.56 Å². The minimum atomic E-state index is -0.858. The lowest BCUT2D eigenvalue weighted by atomic mass is 10.1. The number of anilines is 1. The van der Waals surface area contributed by atoms with Crippen LogP contribution in [0.15, 0.2) is 18.2 Å². The zero-order chi connectivity index (χ0) is 15.8. The summed E-state index contributed by atoms with van der Waals surface area (Å²) in [6.45, 7) is 13.6. The third-order valence-electron chi connectivity index (χ3n) is 3.98. The highest BCUT2D eigenvalue weighted by Crippen LogP contribution is 2.19. The van der Waals surface area contributed by atoms with Gasteiger partial charge in [0.15, 0.2) is 0 Å². The second-order valence-electron chi connectivity index (χ2n) is 5.26. The first kappa shape index (κ1) is 17.5. The first-order valence-corrected chi connectivity index (χ1v) is 7.84. The number of aryl methyl sites for hydroxylation is 1. The van der Waals surface area contributed by atoms with Gasteiger partial charge in [0.1, 0.15) is 0 Å². The van der Waals surface area contributed by atoms with Crippen molar-refractivity contribution in [3.8, 4) is 0 Å². The lowest BCUT2D eigenvalue weighted by Crippen LogP contribution is -2.30. The van der Waals surface area contributed by atoms with Gasteiger partial charge in [-0.25, -0.2) is 4.79 Å². The molecule has 0 saturated carbocycles. The molecule has 1 aromatic rings. The molecule has 21 heavy (non-hydrogen) atoms. The average molecular weight is 292 g/mol. The van der Waals surface area contributed by atoms with Crippen molar-refractivity contribution in [3.05, 3.63) is 29.3 Å². The highest BCUT2D eigenvalue weighted by Gasteiger charge is 2.10. The number of hydrogen-bond donors (Lipinski definition) is 1. The molecule has 0 heterocycles. The van der Waals surface area contributed by atoms with Gasteiger partial charge in [0.05, 0.1) is 5.56 Å². The van der Waals surface area contributed by atoms with E-state index in [2.05, 4.69) is 30.6 Å². The van der Waals surface area contributed by atoms with Crippen LogP contribution in [-0.2, 0) is 0 Å². The maximum Gasteiger partial charge on any atom is 0.335 e. The number of rotatable bonds is 9. The highest BCUT2D eigenvalue weighted by atomic mass is 16.4. The van der Waals surface area contributed by atoms with E-state index >= 15 is 0 Å². The van der Waals surface area contributed by atoms with E-state index in [4.69, 9.17) is 5.11 Å². The quantitative estimate of drug-likeness (QED) is 0.759. The molecule has 0 bridgehead atoms. The van der Waals surface area contributed by atoms with Crippen LogP contribution in [0.25, 0.3) is 0 Å². The highest BCUT2D eigenvalue weighted by molar-refractivity contribution is 5.89. The molecule has 0 unspecified atom stereocenters. The molecular formula is C17H28N2O2. The molecule has 0 aliphatic rings. The number of benzene rings is 1. The van der Waals surface area contributed by atoms with Crippen LogP contribution in [0.1, 0.15) is 43.1 Å². The van der Waals surface area contributed by atoms with Crippen LogP contribution in [0.5, 0.6) is 0 Å². The van der Waals surface area contributed by atoms with Crippen molar-refractivity contribution in [1.82, 2.24) is 4.90 Å². The minimum Gasteiger partial charge on any atom is -0.478 e. The van der Waals surface area contributed by atoms with Crippen LogP contribution in [0.3, 0.4) is 0 Å². The topological polar surface area (TPSA) is 43.8 Å². The standard InChI is InChI=1S/C17H28N2O2/c1-5-18(6-2)11-8-12-19(7-3)15-9-10-16(17(20)21)14(4)13-15/h9-10,13H,5-8,11-12H2,1-4H3,(H,20,21). The molecule has 1 N–H and O–H groups in total. The van der Waals surface area contributed by atoms with Crippen molar-refractivity contribution < 1.29 is 9.90 Å². The number of aromatic carboxylic acids is 1. The minimum absolute atomic E-state index is 0.387. The van der Waals surface area contributed by atoms with Gasteiger partial charge < -0.3 is 14.9 Å². The fourth-order valence-corrected chi connectivity index (χ4v) is 2.58. The van der Waals surface area contributed by atoms with E-state index in [0.717, 1.165) is 50.4 Å². The Bertz CT molecular complexity index is 456. The van der Waals surface area contributed by atoms with Crippen molar-refractivity contribution in [3.63, 3.8) is 0 Å². The Morgan fingerprint density at radius 2 is 1.76 bits per heavy atom. The molecule has 1 aromatic carbocycles. The molecule has 0 amide bonds. The molecular weight excluding hydrogens is 264 g/mol. The Kier molecular flexibility index (Phi) is 7.23. The number of hydrogen-bond acceptors (Lipinski definition) is 3. The largest absolute Gasteiger partial charge is 0.478 e. The third-order valence-corrected chi connectivity index (χ3v) is 3.98. The van der Waals surface area contributed by atoms with Gasteiger partial charge in [-0.15, -0.1) is 0 Å². The van der Waals surface area contributed by atoms with Crippen molar-refractivity contribution in [2.45, 2.75) is 34.1 Å². The summed E-state index contributed by atoms with van der Waals surface area (Å²) in [5.74, 6) is -0.858. The summed E-state index contributed by atoms with van der Waals surface area (Å²) in [4.78, 5) is 15.8. The van der Waals surface area contributed by atoms with Crippen molar-refractivity contribution in [1.29, 1.82) is 0 Å². The fourth-order valence-electron chi connectivity index (χ4n) is 2.58. The summed E-state index contributed by atoms with van der Waals surface area (Å²) in [6.07, 6.45) is 1.12. The van der Waals surface area contributed by atoms with E-state index in [1.807, 2.05) is 19.1 Å². The summed E-state index contributed by atoms with van der Waals surface area (Å²) < 4.78 is 0. The van der Waals surface area contributed by atoms with Crippen LogP contribution in [0.4, 0.5) is 5.69 Å². The third kappa shape index (κ3) is 5.05. The van der Waals surface area contributed by atoms with Crippen LogP contribution < -0.4 is 4.90 Å². The molecule has 4 nitrogen and oxygen atoms in total. The molecule has 118 valence electrons. The Labute approximate surface area is 128 Å². The summed E-state index contributed by atoms with van der Waals surface area (Å²) >= 11 is 0. The van der Waals surface area contributed by atoms with E-state index < -0.39 is 5.97 Å². The Morgan fingerprint density at radius 3 is 2.24 bits per heavy atom. The second-order valence-corrected chi connectivity index (χ2v) is 5.26. The number of carboxylic acids is 1. The Hall–Kier alpha value is -1.55. The maximum atomic E-state index is 11.1. The van der Waals surface area contributed by atoms with E-state index in [9.17, 15) is 4.79 Å². The predicted octanol–water partition coefficient (Wildman–Crippen LogP) is 3.25.